The molecule has 0 spiro atoms. The monoisotopic (exact) mass is 794 g/mol. The van der Waals surface area contributed by atoms with Crippen LogP contribution in [0, 0.1) is 23.6 Å². The van der Waals surface area contributed by atoms with Crippen LogP contribution < -0.4 is 9.47 Å². The molecule has 1 amide bonds. The lowest BCUT2D eigenvalue weighted by molar-refractivity contribution is -0.256. The maximum absolute atomic E-state index is 14.7. The van der Waals surface area contributed by atoms with Gasteiger partial charge < -0.3 is 43.8 Å². The van der Waals surface area contributed by atoms with Crippen LogP contribution in [0.15, 0.2) is 84.6 Å². The molecule has 1 fully saturated rings. The third-order valence-corrected chi connectivity index (χ3v) is 11.1. The molecule has 0 bridgehead atoms. The Labute approximate surface area is 335 Å². The summed E-state index contributed by atoms with van der Waals surface area (Å²) in [5.41, 5.74) is 2.82. The Morgan fingerprint density at radius 1 is 1.02 bits per heavy atom. The van der Waals surface area contributed by atoms with Crippen molar-refractivity contribution in [1.82, 2.24) is 4.90 Å². The van der Waals surface area contributed by atoms with E-state index in [0.717, 1.165) is 36.8 Å². The highest BCUT2D eigenvalue weighted by molar-refractivity contribution is 6.02. The van der Waals surface area contributed by atoms with Gasteiger partial charge in [0.1, 0.15) is 37.1 Å². The number of aliphatic hydroxyl groups excluding tert-OH is 3. The van der Waals surface area contributed by atoms with E-state index in [1.165, 1.54) is 13.2 Å². The highest BCUT2D eigenvalue weighted by atomic mass is 19.1. The number of carbonyl (C=O) groups is 1. The Hall–Kier alpha value is -4.27. The minimum atomic E-state index is -1.49. The summed E-state index contributed by atoms with van der Waals surface area (Å²) in [5, 5.41) is 33.7. The minimum absolute atomic E-state index is 0.00333. The molecule has 2 aromatic carbocycles. The van der Waals surface area contributed by atoms with Crippen LogP contribution in [0.3, 0.4) is 0 Å². The van der Waals surface area contributed by atoms with Gasteiger partial charge in [-0.15, -0.1) is 13.2 Å². The minimum Gasteiger partial charge on any atom is -0.489 e. The van der Waals surface area contributed by atoms with Crippen molar-refractivity contribution >= 4 is 11.8 Å². The summed E-state index contributed by atoms with van der Waals surface area (Å²) in [4.78, 5) is 21.3. The average Bonchev–Trinajstić information content (AvgIpc) is 3.21. The summed E-state index contributed by atoms with van der Waals surface area (Å²) in [6.45, 7) is 8.22. The van der Waals surface area contributed by atoms with E-state index >= 15 is 0 Å². The third kappa shape index (κ3) is 10.4. The zero-order chi connectivity index (χ0) is 40.6. The number of amides is 1. The van der Waals surface area contributed by atoms with Crippen LogP contribution in [-0.4, -0.2) is 104 Å². The van der Waals surface area contributed by atoms with Gasteiger partial charge in [-0.3, -0.25) is 4.90 Å². The molecule has 5 rings (SSSR count). The Balaban J connectivity index is 1.72. The average molecular weight is 795 g/mol. The van der Waals surface area contributed by atoms with Crippen molar-refractivity contribution < 1.29 is 53.0 Å². The van der Waals surface area contributed by atoms with Crippen LogP contribution >= 0.6 is 0 Å². The number of carbonyl (C=O) groups excluding carboxylic acids is 1. The van der Waals surface area contributed by atoms with Crippen LogP contribution in [0.2, 0.25) is 0 Å². The van der Waals surface area contributed by atoms with Gasteiger partial charge in [0.2, 0.25) is 5.79 Å². The van der Waals surface area contributed by atoms with E-state index in [1.54, 1.807) is 41.3 Å². The second-order valence-corrected chi connectivity index (χ2v) is 14.6. The predicted octanol–water partition coefficient (Wildman–Crippen LogP) is 6.69. The number of hydrogen-bond donors (Lipinski definition) is 3. The lowest BCUT2D eigenvalue weighted by Gasteiger charge is -2.59. The molecule has 12 nitrogen and oxygen atoms in total. The highest BCUT2D eigenvalue weighted by Gasteiger charge is 2.65. The first-order valence-electron chi connectivity index (χ1n) is 20.1. The summed E-state index contributed by atoms with van der Waals surface area (Å²) in [6.07, 6.45) is 10.0. The lowest BCUT2D eigenvalue weighted by atomic mass is 9.55. The van der Waals surface area contributed by atoms with Crippen molar-refractivity contribution in [3.05, 3.63) is 96.4 Å². The van der Waals surface area contributed by atoms with Crippen LogP contribution in [0.25, 0.3) is 0 Å². The second kappa shape index (κ2) is 22.0. The van der Waals surface area contributed by atoms with E-state index < -0.39 is 23.8 Å². The quantitative estimate of drug-likeness (QED) is 0.0597. The van der Waals surface area contributed by atoms with Gasteiger partial charge in [0.25, 0.3) is 0 Å². The predicted molar refractivity (Wildman–Crippen MR) is 213 cm³/mol. The van der Waals surface area contributed by atoms with Crippen molar-refractivity contribution in [3.63, 3.8) is 0 Å². The fraction of sp³-hybridized carbons (Fsp3) is 0.545. The molecule has 0 aromatic heterocycles. The van der Waals surface area contributed by atoms with Gasteiger partial charge in [-0.25, -0.2) is 9.18 Å². The van der Waals surface area contributed by atoms with Crippen molar-refractivity contribution in [2.45, 2.75) is 75.7 Å². The number of rotatable bonds is 24. The first-order valence-corrected chi connectivity index (χ1v) is 20.1. The molecule has 3 aliphatic rings. The fourth-order valence-electron chi connectivity index (χ4n) is 8.64. The number of unbranched alkanes of at least 4 members (excludes halogenated alkanes) is 2. The molecule has 1 saturated carbocycles. The molecular weight excluding hydrogens is 735 g/mol. The zero-order valence-corrected chi connectivity index (χ0v) is 33.1. The van der Waals surface area contributed by atoms with Gasteiger partial charge >= 0.3 is 6.09 Å². The van der Waals surface area contributed by atoms with Crippen molar-refractivity contribution in [1.29, 1.82) is 0 Å². The van der Waals surface area contributed by atoms with Crippen molar-refractivity contribution in [3.8, 4) is 11.5 Å². The van der Waals surface area contributed by atoms with E-state index in [2.05, 4.69) is 24.4 Å². The number of nitrogens with zero attached hydrogens (tertiary/aromatic N) is 2. The van der Waals surface area contributed by atoms with Crippen LogP contribution in [0.1, 0.15) is 68.4 Å². The van der Waals surface area contributed by atoms with E-state index in [1.807, 2.05) is 12.1 Å². The Morgan fingerprint density at radius 2 is 1.81 bits per heavy atom. The number of ether oxygens (including phenoxy) is 5. The number of aliphatic hydroxyl groups is 3. The number of allylic oxidation sites excluding steroid dienone is 1. The molecule has 3 N–H and O–H groups in total. The van der Waals surface area contributed by atoms with E-state index in [0.29, 0.717) is 42.0 Å². The van der Waals surface area contributed by atoms with Gasteiger partial charge in [-0.05, 0) is 73.8 Å². The summed E-state index contributed by atoms with van der Waals surface area (Å²) in [6, 6.07) is 11.3. The van der Waals surface area contributed by atoms with Crippen LogP contribution in [-0.2, 0) is 25.7 Å². The molecule has 1 aliphatic heterocycles. The number of fused-ring (bicyclic) bond motifs is 2. The normalized spacial score (nSPS) is 24.1. The zero-order valence-electron chi connectivity index (χ0n) is 33.1. The Kier molecular flexibility index (Phi) is 16.9. The summed E-state index contributed by atoms with van der Waals surface area (Å²) < 4.78 is 46.5. The summed E-state index contributed by atoms with van der Waals surface area (Å²) in [5.74, 6) is -1.51. The van der Waals surface area contributed by atoms with E-state index in [4.69, 9.17) is 28.5 Å². The number of benzene rings is 2. The largest absolute Gasteiger partial charge is 0.489 e. The first kappa shape index (κ1) is 43.8. The number of oxime groups is 1. The number of hydrogen-bond acceptors (Lipinski definition) is 11. The van der Waals surface area contributed by atoms with Gasteiger partial charge in [-0.2, -0.15) is 0 Å². The molecule has 0 unspecified atom stereocenters. The molecule has 6 atom stereocenters. The number of halogens is 1. The Bertz CT molecular complexity index is 1690. The molecule has 1 heterocycles. The van der Waals surface area contributed by atoms with Crippen molar-refractivity contribution in [2.24, 2.45) is 22.9 Å². The SMILES string of the molecule is C=CCCOC(=O)N(CCOCCO)[C@H]1CC(=NOC)C2=C[C@H](CCCCO)[C@@H](CCCCO)[C@@H]3c4cc(OCc5ccccc5F)ccc4O[C@@]1(OCC=C)[C@H]23. The maximum Gasteiger partial charge on any atom is 0.410 e. The molecule has 0 radical (unpaired) electrons. The fourth-order valence-corrected chi connectivity index (χ4v) is 8.64. The smallest absolute Gasteiger partial charge is 0.410 e. The molecule has 312 valence electrons. The molecule has 13 heteroatoms. The molecule has 2 aromatic rings. The molecule has 0 saturated heterocycles. The maximum atomic E-state index is 14.7. The lowest BCUT2D eigenvalue weighted by Crippen LogP contribution is -2.70. The highest BCUT2D eigenvalue weighted by Crippen LogP contribution is 2.62. The third-order valence-electron chi connectivity index (χ3n) is 11.1. The van der Waals surface area contributed by atoms with Gasteiger partial charge in [0, 0.05) is 43.2 Å². The summed E-state index contributed by atoms with van der Waals surface area (Å²) in [7, 11) is 1.49. The Morgan fingerprint density at radius 3 is 2.53 bits per heavy atom. The van der Waals surface area contributed by atoms with Crippen LogP contribution in [0.4, 0.5) is 9.18 Å². The van der Waals surface area contributed by atoms with Gasteiger partial charge in [0.05, 0.1) is 44.7 Å². The van der Waals surface area contributed by atoms with Crippen LogP contribution in [0.5, 0.6) is 11.5 Å². The standard InChI is InChI=1S/C44H59FN2O10/c1-4-6-24-54-43(51)47(19-25-53-26-22-50)40-29-38(46-52-3)35-27-31(13-9-11-20-48)34(15-10-12-21-49)41-36-28-33(55-30-32-14-7-8-16-37(32)45)17-18-39(36)57-44(40,42(35)41)56-23-5-2/h4-5,7-8,14,16-18,27-28,31,34,40-42,48-50H,1-2,6,9-13,15,19-26,29-30H2,3H3/t31-,34+,40-,41+,42+,44+/m0/s1. The first-order chi connectivity index (χ1) is 27.9. The summed E-state index contributed by atoms with van der Waals surface area (Å²) >= 11 is 0. The topological polar surface area (TPSA) is 149 Å². The second-order valence-electron chi connectivity index (χ2n) is 14.6. The van der Waals surface area contributed by atoms with Gasteiger partial charge in [-0.1, -0.05) is 54.4 Å². The van der Waals surface area contributed by atoms with Crippen molar-refractivity contribution in [2.75, 3.05) is 59.9 Å². The molecule has 57 heavy (non-hydrogen) atoms. The molecular formula is C44H59FN2O10. The van der Waals surface area contributed by atoms with E-state index in [9.17, 15) is 24.5 Å². The van der Waals surface area contributed by atoms with Gasteiger partial charge in [0.15, 0.2) is 0 Å². The molecule has 2 aliphatic carbocycles. The van der Waals surface area contributed by atoms with E-state index in [-0.39, 0.29) is 89.4 Å².